The highest BCUT2D eigenvalue weighted by Crippen LogP contribution is 2.30. The van der Waals surface area contributed by atoms with Crippen molar-refractivity contribution in [3.63, 3.8) is 0 Å². The smallest absolute Gasteiger partial charge is 0.369 e. The predicted octanol–water partition coefficient (Wildman–Crippen LogP) is 1.78. The van der Waals surface area contributed by atoms with Gasteiger partial charge < -0.3 is 4.90 Å². The Morgan fingerprint density at radius 1 is 1.17 bits per heavy atom. The monoisotopic (exact) mass is 340 g/mol. The second-order valence-corrected chi connectivity index (χ2v) is 5.27. The maximum atomic E-state index is 12.9. The van der Waals surface area contributed by atoms with Crippen LogP contribution in [0.25, 0.3) is 5.69 Å². The first-order valence-corrected chi connectivity index (χ1v) is 6.82. The van der Waals surface area contributed by atoms with Gasteiger partial charge in [0.2, 0.25) is 0 Å². The van der Waals surface area contributed by atoms with Crippen molar-refractivity contribution in [3.8, 4) is 5.69 Å². The van der Waals surface area contributed by atoms with E-state index in [2.05, 4.69) is 4.99 Å². The minimum atomic E-state index is -4.55. The second-order valence-electron chi connectivity index (χ2n) is 5.27. The van der Waals surface area contributed by atoms with Crippen LogP contribution in [0.15, 0.2) is 44.9 Å². The molecule has 0 aliphatic heterocycles. The van der Waals surface area contributed by atoms with E-state index in [0.29, 0.717) is 0 Å². The molecule has 0 aliphatic rings. The molecule has 6 nitrogen and oxygen atoms in total. The fourth-order valence-electron chi connectivity index (χ4n) is 1.95. The average molecular weight is 340 g/mol. The molecule has 1 aromatic carbocycles. The van der Waals surface area contributed by atoms with E-state index >= 15 is 0 Å². The van der Waals surface area contributed by atoms with Gasteiger partial charge in [0.1, 0.15) is 5.82 Å². The molecule has 2 rings (SSSR count). The van der Waals surface area contributed by atoms with Gasteiger partial charge in [0.25, 0.3) is 5.56 Å². The van der Waals surface area contributed by atoms with Gasteiger partial charge in [-0.2, -0.15) is 13.2 Å². The summed E-state index contributed by atoms with van der Waals surface area (Å²) in [7, 11) is 4.60. The third-order valence-corrected chi connectivity index (χ3v) is 3.14. The van der Waals surface area contributed by atoms with Gasteiger partial charge in [0, 0.05) is 27.2 Å². The normalized spacial score (nSPS) is 11.9. The van der Waals surface area contributed by atoms with Gasteiger partial charge in [-0.15, -0.1) is 0 Å². The summed E-state index contributed by atoms with van der Waals surface area (Å²) in [5.74, 6) is -0.0591. The zero-order chi connectivity index (χ0) is 18.1. The van der Waals surface area contributed by atoms with E-state index in [1.165, 1.54) is 25.5 Å². The van der Waals surface area contributed by atoms with Crippen molar-refractivity contribution in [1.29, 1.82) is 0 Å². The van der Waals surface area contributed by atoms with Crippen LogP contribution in [-0.2, 0) is 13.2 Å². The molecule has 0 aliphatic carbocycles. The number of aliphatic imine (C=N–C) groups is 1. The summed E-state index contributed by atoms with van der Waals surface area (Å²) < 4.78 is 40.5. The molecule has 0 fully saturated rings. The lowest BCUT2D eigenvalue weighted by atomic mass is 10.2. The van der Waals surface area contributed by atoms with Crippen molar-refractivity contribution in [2.24, 2.45) is 12.0 Å². The molecule has 128 valence electrons. The standard InChI is InChI=1S/C15H15F3N4O2/c1-20(2)9-19-12-8-13(23)21(3)14(24)22(12)11-6-4-5-10(7-11)15(16,17)18/h4-9H,1-3H3/b19-9+. The molecule has 2 aromatic rings. The molecule has 24 heavy (non-hydrogen) atoms. The van der Waals surface area contributed by atoms with Crippen molar-refractivity contribution in [3.05, 3.63) is 56.7 Å². The minimum absolute atomic E-state index is 0.0312. The summed E-state index contributed by atoms with van der Waals surface area (Å²) in [5.41, 5.74) is -2.32. The van der Waals surface area contributed by atoms with Crippen molar-refractivity contribution >= 4 is 12.2 Å². The first kappa shape index (κ1) is 17.5. The van der Waals surface area contributed by atoms with Gasteiger partial charge in [-0.25, -0.2) is 14.4 Å². The lowest BCUT2D eigenvalue weighted by molar-refractivity contribution is -0.137. The van der Waals surface area contributed by atoms with Crippen LogP contribution in [0, 0.1) is 0 Å². The van der Waals surface area contributed by atoms with Gasteiger partial charge in [0.15, 0.2) is 0 Å². The van der Waals surface area contributed by atoms with Gasteiger partial charge >= 0.3 is 11.9 Å². The van der Waals surface area contributed by atoms with Crippen LogP contribution < -0.4 is 11.2 Å². The minimum Gasteiger partial charge on any atom is -0.369 e. The van der Waals surface area contributed by atoms with E-state index < -0.39 is 23.0 Å². The molecule has 0 unspecified atom stereocenters. The highest BCUT2D eigenvalue weighted by molar-refractivity contribution is 5.60. The molecule has 1 heterocycles. The number of halogens is 3. The fourth-order valence-corrected chi connectivity index (χ4v) is 1.95. The number of alkyl halides is 3. The van der Waals surface area contributed by atoms with Crippen LogP contribution in [0.1, 0.15) is 5.56 Å². The topological polar surface area (TPSA) is 59.6 Å². The van der Waals surface area contributed by atoms with Gasteiger partial charge in [-0.05, 0) is 18.2 Å². The van der Waals surface area contributed by atoms with Crippen molar-refractivity contribution in [1.82, 2.24) is 14.0 Å². The molecular weight excluding hydrogens is 325 g/mol. The molecule has 0 atom stereocenters. The zero-order valence-corrected chi connectivity index (χ0v) is 13.2. The van der Waals surface area contributed by atoms with E-state index in [1.807, 2.05) is 0 Å². The van der Waals surface area contributed by atoms with E-state index in [0.717, 1.165) is 27.3 Å². The third kappa shape index (κ3) is 3.55. The van der Waals surface area contributed by atoms with E-state index in [4.69, 9.17) is 0 Å². The Morgan fingerprint density at radius 3 is 2.42 bits per heavy atom. The summed E-state index contributed by atoms with van der Waals surface area (Å²) in [6.07, 6.45) is -3.20. The largest absolute Gasteiger partial charge is 0.416 e. The molecule has 0 spiro atoms. The van der Waals surface area contributed by atoms with Crippen LogP contribution in [0.3, 0.4) is 0 Å². The summed E-state index contributed by atoms with van der Waals surface area (Å²) >= 11 is 0. The van der Waals surface area contributed by atoms with Crippen LogP contribution in [0.5, 0.6) is 0 Å². The van der Waals surface area contributed by atoms with E-state index in [9.17, 15) is 22.8 Å². The Labute approximate surface area is 135 Å². The first-order chi connectivity index (χ1) is 11.1. The van der Waals surface area contributed by atoms with Crippen LogP contribution in [0.4, 0.5) is 19.0 Å². The van der Waals surface area contributed by atoms with Crippen molar-refractivity contribution in [2.45, 2.75) is 6.18 Å². The third-order valence-electron chi connectivity index (χ3n) is 3.14. The quantitative estimate of drug-likeness (QED) is 0.632. The molecule has 9 heteroatoms. The van der Waals surface area contributed by atoms with Crippen molar-refractivity contribution < 1.29 is 13.2 Å². The van der Waals surface area contributed by atoms with E-state index in [1.54, 1.807) is 19.0 Å². The molecule has 0 N–H and O–H groups in total. The fraction of sp³-hybridized carbons (Fsp3) is 0.267. The Kier molecular flexibility index (Phi) is 4.63. The Balaban J connectivity index is 2.76. The Morgan fingerprint density at radius 2 is 1.83 bits per heavy atom. The number of rotatable bonds is 3. The lowest BCUT2D eigenvalue weighted by Crippen LogP contribution is -2.36. The summed E-state index contributed by atoms with van der Waals surface area (Å²) in [4.78, 5) is 29.7. The summed E-state index contributed by atoms with van der Waals surface area (Å²) in [6, 6.07) is 5.35. The maximum absolute atomic E-state index is 12.9. The second kappa shape index (κ2) is 6.34. The highest BCUT2D eigenvalue weighted by Gasteiger charge is 2.30. The Hall–Kier alpha value is -2.84. The average Bonchev–Trinajstić information content (AvgIpc) is 2.50. The molecule has 0 bridgehead atoms. The number of hydrogen-bond acceptors (Lipinski definition) is 3. The molecule has 0 saturated carbocycles. The van der Waals surface area contributed by atoms with Gasteiger partial charge in [-0.1, -0.05) is 6.07 Å². The summed E-state index contributed by atoms with van der Waals surface area (Å²) in [6.45, 7) is 0. The van der Waals surface area contributed by atoms with Crippen molar-refractivity contribution in [2.75, 3.05) is 14.1 Å². The van der Waals surface area contributed by atoms with Crippen LogP contribution >= 0.6 is 0 Å². The van der Waals surface area contributed by atoms with Crippen LogP contribution in [0.2, 0.25) is 0 Å². The molecule has 1 aromatic heterocycles. The van der Waals surface area contributed by atoms with Gasteiger partial charge in [-0.3, -0.25) is 9.36 Å². The first-order valence-electron chi connectivity index (χ1n) is 6.82. The number of benzene rings is 1. The number of hydrogen-bond donors (Lipinski definition) is 0. The molecular formula is C15H15F3N4O2. The maximum Gasteiger partial charge on any atom is 0.416 e. The van der Waals surface area contributed by atoms with Crippen LogP contribution in [-0.4, -0.2) is 34.5 Å². The molecule has 0 amide bonds. The van der Waals surface area contributed by atoms with Gasteiger partial charge in [0.05, 0.1) is 17.6 Å². The molecule has 0 saturated heterocycles. The highest BCUT2D eigenvalue weighted by atomic mass is 19.4. The number of nitrogens with zero attached hydrogens (tertiary/aromatic N) is 4. The predicted molar refractivity (Wildman–Crippen MR) is 84.1 cm³/mol. The number of aromatic nitrogens is 2. The van der Waals surface area contributed by atoms with E-state index in [-0.39, 0.29) is 11.5 Å². The lowest BCUT2D eigenvalue weighted by Gasteiger charge is -2.14. The summed E-state index contributed by atoms with van der Waals surface area (Å²) in [5, 5.41) is 0. The zero-order valence-electron chi connectivity index (χ0n) is 13.2. The Bertz CT molecular complexity index is 895. The molecule has 0 radical (unpaired) electrons. The SMILES string of the molecule is CN(C)/C=N/c1cc(=O)n(C)c(=O)n1-c1cccc(C(F)(F)F)c1.